The first-order valence-electron chi connectivity index (χ1n) is 6.08. The van der Waals surface area contributed by atoms with E-state index in [1.165, 1.54) is 44.9 Å². The fourth-order valence-electron chi connectivity index (χ4n) is 3.44. The highest BCUT2D eigenvalue weighted by Gasteiger charge is 2.67. The molecule has 0 aliphatic heterocycles. The number of nitrogens with two attached hydrogens (primary N) is 1. The Morgan fingerprint density at radius 1 is 1.14 bits per heavy atom. The second kappa shape index (κ2) is 3.82. The van der Waals surface area contributed by atoms with Gasteiger partial charge in [-0.25, -0.2) is 0 Å². The van der Waals surface area contributed by atoms with E-state index >= 15 is 0 Å². The summed E-state index contributed by atoms with van der Waals surface area (Å²) in [7, 11) is 0. The zero-order valence-electron chi connectivity index (χ0n) is 9.35. The van der Waals surface area contributed by atoms with Gasteiger partial charge in [-0.05, 0) is 51.0 Å². The van der Waals surface area contributed by atoms with Crippen molar-refractivity contribution in [2.75, 3.05) is 13.2 Å². The van der Waals surface area contributed by atoms with Gasteiger partial charge in [0, 0.05) is 6.61 Å². The maximum Gasteiger partial charge on any atom is 0.0698 e. The van der Waals surface area contributed by atoms with E-state index in [4.69, 9.17) is 10.5 Å². The molecule has 3 saturated carbocycles. The van der Waals surface area contributed by atoms with Gasteiger partial charge in [0.25, 0.3) is 0 Å². The van der Waals surface area contributed by atoms with E-state index in [1.54, 1.807) is 0 Å². The Bertz CT molecular complexity index is 183. The van der Waals surface area contributed by atoms with Crippen LogP contribution in [0.1, 0.15) is 51.9 Å². The van der Waals surface area contributed by atoms with Gasteiger partial charge < -0.3 is 10.5 Å². The monoisotopic (exact) mass is 197 g/mol. The van der Waals surface area contributed by atoms with Crippen molar-refractivity contribution in [2.24, 2.45) is 11.1 Å². The van der Waals surface area contributed by atoms with Crippen LogP contribution in [0.4, 0.5) is 0 Å². The van der Waals surface area contributed by atoms with E-state index in [0.717, 1.165) is 13.2 Å². The Labute approximate surface area is 87.2 Å². The van der Waals surface area contributed by atoms with Gasteiger partial charge >= 0.3 is 0 Å². The van der Waals surface area contributed by atoms with E-state index in [9.17, 15) is 0 Å². The molecule has 3 aliphatic carbocycles. The zero-order chi connectivity index (χ0) is 10.1. The first kappa shape index (κ1) is 10.4. The predicted octanol–water partition coefficient (Wildman–Crippen LogP) is 2.46. The van der Waals surface area contributed by atoms with E-state index in [1.807, 2.05) is 0 Å². The van der Waals surface area contributed by atoms with Crippen molar-refractivity contribution in [1.82, 2.24) is 0 Å². The van der Waals surface area contributed by atoms with Crippen LogP contribution in [-0.2, 0) is 4.74 Å². The molecule has 0 aromatic heterocycles. The van der Waals surface area contributed by atoms with Gasteiger partial charge in [-0.2, -0.15) is 0 Å². The second-order valence-electron chi connectivity index (χ2n) is 5.25. The molecule has 0 radical (unpaired) electrons. The number of ether oxygens (including phenoxy) is 1. The van der Waals surface area contributed by atoms with E-state index < -0.39 is 0 Å². The van der Waals surface area contributed by atoms with Crippen molar-refractivity contribution in [3.8, 4) is 0 Å². The van der Waals surface area contributed by atoms with Crippen LogP contribution in [0.5, 0.6) is 0 Å². The molecule has 0 unspecified atom stereocenters. The normalized spacial score (nSPS) is 39.0. The molecule has 0 aromatic carbocycles. The van der Waals surface area contributed by atoms with Gasteiger partial charge in [-0.15, -0.1) is 0 Å². The third-order valence-corrected chi connectivity index (χ3v) is 3.95. The summed E-state index contributed by atoms with van der Waals surface area (Å²) in [5.74, 6) is 0. The lowest BCUT2D eigenvalue weighted by atomic mass is 9.40. The zero-order valence-corrected chi connectivity index (χ0v) is 9.35. The first-order valence-corrected chi connectivity index (χ1v) is 6.08. The third-order valence-electron chi connectivity index (χ3n) is 3.95. The highest BCUT2D eigenvalue weighted by atomic mass is 16.5. The van der Waals surface area contributed by atoms with E-state index in [0.29, 0.717) is 11.0 Å². The van der Waals surface area contributed by atoms with Crippen LogP contribution in [0, 0.1) is 5.41 Å². The van der Waals surface area contributed by atoms with Crippen LogP contribution in [0.15, 0.2) is 0 Å². The Morgan fingerprint density at radius 3 is 2.43 bits per heavy atom. The smallest absolute Gasteiger partial charge is 0.0698 e. The minimum absolute atomic E-state index is 0.350. The maximum absolute atomic E-state index is 5.76. The fraction of sp³-hybridized carbons (Fsp3) is 1.00. The van der Waals surface area contributed by atoms with Crippen molar-refractivity contribution in [1.29, 1.82) is 0 Å². The summed E-state index contributed by atoms with van der Waals surface area (Å²) in [6.07, 6.45) is 9.34. The van der Waals surface area contributed by atoms with Gasteiger partial charge in [0.2, 0.25) is 0 Å². The lowest BCUT2D eigenvalue weighted by molar-refractivity contribution is -0.286. The quantitative estimate of drug-likeness (QED) is 0.636. The minimum atomic E-state index is 0.350. The molecular formula is C12H23NO. The van der Waals surface area contributed by atoms with Crippen molar-refractivity contribution in [3.05, 3.63) is 0 Å². The van der Waals surface area contributed by atoms with E-state index in [2.05, 4.69) is 6.92 Å². The fourth-order valence-corrected chi connectivity index (χ4v) is 3.44. The summed E-state index contributed by atoms with van der Waals surface area (Å²) in [5, 5.41) is 0. The lowest BCUT2D eigenvalue weighted by Gasteiger charge is -2.70. The van der Waals surface area contributed by atoms with Gasteiger partial charge in [0.1, 0.15) is 0 Å². The number of hydrogen-bond donors (Lipinski definition) is 1. The van der Waals surface area contributed by atoms with Crippen LogP contribution in [0.3, 0.4) is 0 Å². The van der Waals surface area contributed by atoms with Crippen LogP contribution < -0.4 is 5.73 Å². The summed E-state index contributed by atoms with van der Waals surface area (Å²) in [5.41, 5.74) is 6.54. The summed E-state index contributed by atoms with van der Waals surface area (Å²) in [4.78, 5) is 0. The average Bonchev–Trinajstić information content (AvgIpc) is 2.05. The summed E-state index contributed by atoms with van der Waals surface area (Å²) >= 11 is 0. The highest BCUT2D eigenvalue weighted by Crippen LogP contribution is 2.71. The van der Waals surface area contributed by atoms with Crippen LogP contribution in [0.2, 0.25) is 0 Å². The van der Waals surface area contributed by atoms with Crippen molar-refractivity contribution < 1.29 is 4.74 Å². The average molecular weight is 197 g/mol. The van der Waals surface area contributed by atoms with Crippen molar-refractivity contribution in [2.45, 2.75) is 57.5 Å². The molecule has 3 rings (SSSR count). The molecule has 14 heavy (non-hydrogen) atoms. The predicted molar refractivity (Wildman–Crippen MR) is 58.2 cm³/mol. The molecule has 2 heteroatoms. The molecule has 0 saturated heterocycles. The molecule has 82 valence electrons. The van der Waals surface area contributed by atoms with Crippen LogP contribution >= 0.6 is 0 Å². The largest absolute Gasteiger partial charge is 0.375 e. The van der Waals surface area contributed by atoms with Crippen LogP contribution in [-0.4, -0.2) is 18.8 Å². The maximum atomic E-state index is 5.76. The Morgan fingerprint density at radius 2 is 1.86 bits per heavy atom. The molecule has 0 aromatic rings. The molecule has 2 N–H and O–H groups in total. The molecule has 3 fully saturated rings. The van der Waals surface area contributed by atoms with Gasteiger partial charge in [-0.3, -0.25) is 0 Å². The highest BCUT2D eigenvalue weighted by molar-refractivity contribution is 5.19. The van der Waals surface area contributed by atoms with Crippen molar-refractivity contribution >= 4 is 0 Å². The Hall–Kier alpha value is -0.0800. The third kappa shape index (κ3) is 1.70. The van der Waals surface area contributed by atoms with Crippen LogP contribution in [0.25, 0.3) is 0 Å². The second-order valence-corrected chi connectivity index (χ2v) is 5.25. The minimum Gasteiger partial charge on any atom is -0.375 e. The molecule has 2 nitrogen and oxygen atoms in total. The van der Waals surface area contributed by atoms with E-state index in [-0.39, 0.29) is 0 Å². The Kier molecular flexibility index (Phi) is 2.85. The molecule has 2 bridgehead atoms. The summed E-state index contributed by atoms with van der Waals surface area (Å²) in [6, 6.07) is 0. The summed E-state index contributed by atoms with van der Waals surface area (Å²) in [6.45, 7) is 3.85. The molecule has 0 atom stereocenters. The topological polar surface area (TPSA) is 35.2 Å². The number of rotatable bonds is 7. The molecule has 0 spiro atoms. The van der Waals surface area contributed by atoms with Gasteiger partial charge in [0.05, 0.1) is 5.60 Å². The lowest BCUT2D eigenvalue weighted by Crippen LogP contribution is -2.68. The SMILES string of the molecule is CCOC12CC(CCCCCN)(C1)C2. The summed E-state index contributed by atoms with van der Waals surface area (Å²) < 4.78 is 5.76. The molecule has 0 heterocycles. The Balaban J connectivity index is 1.59. The standard InChI is InChI=1S/C12H23NO/c1-2-14-12-8-11(9-12,10-12)6-4-3-5-7-13/h2-10,13H2,1H3. The molecule has 3 aliphatic rings. The van der Waals surface area contributed by atoms with Gasteiger partial charge in [-0.1, -0.05) is 12.8 Å². The number of unbranched alkanes of at least 4 members (excludes halogenated alkanes) is 2. The van der Waals surface area contributed by atoms with Crippen molar-refractivity contribution in [3.63, 3.8) is 0 Å². The molecule has 0 amide bonds. The first-order chi connectivity index (χ1) is 6.74. The van der Waals surface area contributed by atoms with Gasteiger partial charge in [0.15, 0.2) is 0 Å². The number of hydrogen-bond acceptors (Lipinski definition) is 2. The molecular weight excluding hydrogens is 174 g/mol.